The van der Waals surface area contributed by atoms with Gasteiger partial charge in [0.1, 0.15) is 0 Å². The predicted molar refractivity (Wildman–Crippen MR) is 91.0 cm³/mol. The van der Waals surface area contributed by atoms with Crippen molar-refractivity contribution in [2.75, 3.05) is 19.6 Å². The molecule has 0 saturated carbocycles. The Morgan fingerprint density at radius 2 is 2.05 bits per heavy atom. The Morgan fingerprint density at radius 1 is 1.24 bits per heavy atom. The number of nitrogens with zero attached hydrogens (tertiary/aromatic N) is 1. The Kier molecular flexibility index (Phi) is 4.65. The van der Waals surface area contributed by atoms with E-state index in [4.69, 9.17) is 11.6 Å². The van der Waals surface area contributed by atoms with Gasteiger partial charge in [0.15, 0.2) is 0 Å². The van der Waals surface area contributed by atoms with E-state index in [1.54, 1.807) is 11.3 Å². The van der Waals surface area contributed by atoms with Crippen LogP contribution < -0.4 is 5.32 Å². The molecule has 1 saturated heterocycles. The van der Waals surface area contributed by atoms with Crippen molar-refractivity contribution in [3.05, 3.63) is 57.2 Å². The lowest BCUT2D eigenvalue weighted by atomic mass is 9.91. The van der Waals surface area contributed by atoms with Crippen LogP contribution in [0.5, 0.6) is 0 Å². The minimum Gasteiger partial charge on any atom is -0.307 e. The highest BCUT2D eigenvalue weighted by molar-refractivity contribution is 7.16. The zero-order valence-electron chi connectivity index (χ0n) is 12.3. The summed E-state index contributed by atoms with van der Waals surface area (Å²) in [6, 6.07) is 14.9. The van der Waals surface area contributed by atoms with Gasteiger partial charge in [-0.15, -0.1) is 11.3 Å². The normalized spacial score (nSPS) is 23.9. The lowest BCUT2D eigenvalue weighted by molar-refractivity contribution is 0.215. The first kappa shape index (κ1) is 15.0. The van der Waals surface area contributed by atoms with E-state index in [-0.39, 0.29) is 5.54 Å². The molecule has 0 radical (unpaired) electrons. The lowest BCUT2D eigenvalue weighted by Crippen LogP contribution is -2.46. The van der Waals surface area contributed by atoms with Crippen molar-refractivity contribution < 1.29 is 0 Å². The van der Waals surface area contributed by atoms with E-state index in [9.17, 15) is 0 Å². The molecule has 0 amide bonds. The fourth-order valence-electron chi connectivity index (χ4n) is 3.04. The number of thiophene rings is 1. The van der Waals surface area contributed by atoms with Gasteiger partial charge in [0.25, 0.3) is 0 Å². The van der Waals surface area contributed by atoms with Gasteiger partial charge in [0, 0.05) is 18.0 Å². The third-order valence-electron chi connectivity index (χ3n) is 4.13. The molecule has 3 rings (SSSR count). The molecule has 21 heavy (non-hydrogen) atoms. The van der Waals surface area contributed by atoms with Crippen molar-refractivity contribution in [3.63, 3.8) is 0 Å². The summed E-state index contributed by atoms with van der Waals surface area (Å²) in [5.41, 5.74) is 1.37. The van der Waals surface area contributed by atoms with Gasteiger partial charge in [-0.1, -0.05) is 41.9 Å². The summed E-state index contributed by atoms with van der Waals surface area (Å²) < 4.78 is 0.878. The smallest absolute Gasteiger partial charge is 0.0931 e. The molecule has 1 aromatic heterocycles. The molecule has 1 N–H and O–H groups in total. The Bertz CT molecular complexity index is 583. The number of rotatable bonds is 3. The van der Waals surface area contributed by atoms with Crippen LogP contribution in [0.3, 0.4) is 0 Å². The Balaban J connectivity index is 1.77. The summed E-state index contributed by atoms with van der Waals surface area (Å²) in [7, 11) is 0. The molecular weight excluding hydrogens is 300 g/mol. The standard InChI is InChI=1S/C17H21ClN2S/c1-17(14-6-3-2-4-7-14)13-20(11-5-10-19-17)12-15-8-9-16(18)21-15/h2-4,6-9,19H,5,10-13H2,1H3. The van der Waals surface area contributed by atoms with Gasteiger partial charge in [0.2, 0.25) is 0 Å². The highest BCUT2D eigenvalue weighted by atomic mass is 35.5. The van der Waals surface area contributed by atoms with Gasteiger partial charge in [0.05, 0.1) is 9.88 Å². The molecule has 0 bridgehead atoms. The fraction of sp³-hybridized carbons (Fsp3) is 0.412. The largest absolute Gasteiger partial charge is 0.307 e. The number of hydrogen-bond acceptors (Lipinski definition) is 3. The number of nitrogens with one attached hydrogen (secondary N) is 1. The molecule has 0 spiro atoms. The predicted octanol–water partition coefficient (Wildman–Crippen LogP) is 4.11. The van der Waals surface area contributed by atoms with Crippen LogP contribution in [-0.4, -0.2) is 24.5 Å². The lowest BCUT2D eigenvalue weighted by Gasteiger charge is -2.34. The topological polar surface area (TPSA) is 15.3 Å². The van der Waals surface area contributed by atoms with Crippen molar-refractivity contribution in [2.45, 2.75) is 25.4 Å². The van der Waals surface area contributed by atoms with Crippen LogP contribution in [0.25, 0.3) is 0 Å². The van der Waals surface area contributed by atoms with Gasteiger partial charge in [-0.05, 0) is 44.1 Å². The first-order chi connectivity index (χ1) is 10.2. The molecule has 2 aromatic rings. The average Bonchev–Trinajstić information content (AvgIpc) is 2.79. The van der Waals surface area contributed by atoms with Crippen LogP contribution in [0.1, 0.15) is 23.8 Å². The molecule has 2 nitrogen and oxygen atoms in total. The SMILES string of the molecule is CC1(c2ccccc2)CN(Cc2ccc(Cl)s2)CCCN1. The summed E-state index contributed by atoms with van der Waals surface area (Å²) in [5, 5.41) is 3.73. The van der Waals surface area contributed by atoms with Crippen molar-refractivity contribution >= 4 is 22.9 Å². The van der Waals surface area contributed by atoms with Crippen LogP contribution in [0.4, 0.5) is 0 Å². The third kappa shape index (κ3) is 3.67. The molecule has 1 aliphatic heterocycles. The number of benzene rings is 1. The second kappa shape index (κ2) is 6.49. The molecular formula is C17H21ClN2S. The summed E-state index contributed by atoms with van der Waals surface area (Å²) in [6.45, 7) is 6.51. The first-order valence-electron chi connectivity index (χ1n) is 7.43. The summed E-state index contributed by atoms with van der Waals surface area (Å²) >= 11 is 7.74. The Hall–Kier alpha value is -0.870. The summed E-state index contributed by atoms with van der Waals surface area (Å²) in [4.78, 5) is 3.88. The molecule has 1 aliphatic rings. The maximum absolute atomic E-state index is 6.05. The minimum atomic E-state index is 0.0127. The molecule has 1 unspecified atom stereocenters. The van der Waals surface area contributed by atoms with E-state index in [1.165, 1.54) is 16.9 Å². The van der Waals surface area contributed by atoms with Crippen molar-refractivity contribution in [1.82, 2.24) is 10.2 Å². The van der Waals surface area contributed by atoms with E-state index in [0.29, 0.717) is 0 Å². The van der Waals surface area contributed by atoms with E-state index in [2.05, 4.69) is 53.5 Å². The fourth-order valence-corrected chi connectivity index (χ4v) is 4.17. The quantitative estimate of drug-likeness (QED) is 0.915. The Morgan fingerprint density at radius 3 is 2.76 bits per heavy atom. The second-order valence-electron chi connectivity index (χ2n) is 5.89. The second-order valence-corrected chi connectivity index (χ2v) is 7.69. The summed E-state index contributed by atoms with van der Waals surface area (Å²) in [6.07, 6.45) is 1.18. The highest BCUT2D eigenvalue weighted by Crippen LogP contribution is 2.27. The van der Waals surface area contributed by atoms with Gasteiger partial charge in [-0.2, -0.15) is 0 Å². The van der Waals surface area contributed by atoms with Crippen molar-refractivity contribution in [2.24, 2.45) is 0 Å². The van der Waals surface area contributed by atoms with Gasteiger partial charge < -0.3 is 5.32 Å². The van der Waals surface area contributed by atoms with E-state index < -0.39 is 0 Å². The molecule has 1 aromatic carbocycles. The first-order valence-corrected chi connectivity index (χ1v) is 8.62. The van der Waals surface area contributed by atoms with E-state index in [1.807, 2.05) is 6.07 Å². The third-order valence-corrected chi connectivity index (χ3v) is 5.34. The number of hydrogen-bond donors (Lipinski definition) is 1. The van der Waals surface area contributed by atoms with Gasteiger partial charge >= 0.3 is 0 Å². The zero-order valence-corrected chi connectivity index (χ0v) is 13.9. The minimum absolute atomic E-state index is 0.0127. The highest BCUT2D eigenvalue weighted by Gasteiger charge is 2.30. The van der Waals surface area contributed by atoms with Crippen LogP contribution in [0.15, 0.2) is 42.5 Å². The number of halogens is 1. The van der Waals surface area contributed by atoms with E-state index >= 15 is 0 Å². The van der Waals surface area contributed by atoms with Crippen LogP contribution in [0.2, 0.25) is 4.34 Å². The summed E-state index contributed by atoms with van der Waals surface area (Å²) in [5.74, 6) is 0. The molecule has 0 aliphatic carbocycles. The zero-order chi connectivity index (χ0) is 14.7. The monoisotopic (exact) mass is 320 g/mol. The van der Waals surface area contributed by atoms with Crippen LogP contribution >= 0.6 is 22.9 Å². The van der Waals surface area contributed by atoms with Crippen molar-refractivity contribution in [1.29, 1.82) is 0 Å². The molecule has 1 fully saturated rings. The van der Waals surface area contributed by atoms with Crippen molar-refractivity contribution in [3.8, 4) is 0 Å². The Labute approximate surface area is 135 Å². The van der Waals surface area contributed by atoms with Gasteiger partial charge in [-0.25, -0.2) is 0 Å². The maximum atomic E-state index is 6.05. The van der Waals surface area contributed by atoms with Crippen LogP contribution in [-0.2, 0) is 12.1 Å². The molecule has 1 atom stereocenters. The average molecular weight is 321 g/mol. The van der Waals surface area contributed by atoms with Crippen LogP contribution in [0, 0.1) is 0 Å². The molecule has 112 valence electrons. The van der Waals surface area contributed by atoms with E-state index in [0.717, 1.165) is 30.5 Å². The van der Waals surface area contributed by atoms with Gasteiger partial charge in [-0.3, -0.25) is 4.90 Å². The molecule has 4 heteroatoms. The molecule has 2 heterocycles. The maximum Gasteiger partial charge on any atom is 0.0931 e.